The number of fused-ring (bicyclic) bond motifs is 4. The third-order valence-electron chi connectivity index (χ3n) is 17.4. The van der Waals surface area contributed by atoms with E-state index in [2.05, 4.69) is 10.6 Å². The van der Waals surface area contributed by atoms with Gasteiger partial charge in [0.1, 0.15) is 11.5 Å². The first kappa shape index (κ1) is 66.0. The number of nitrogens with zero attached hydrogens (tertiary/aromatic N) is 6. The molecular formula is C72H68N8O16. The molecule has 12 rings (SSSR count). The van der Waals surface area contributed by atoms with Crippen LogP contribution in [0.2, 0.25) is 0 Å². The first-order chi connectivity index (χ1) is 46.4. The highest BCUT2D eigenvalue weighted by atomic mass is 16.6. The van der Waals surface area contributed by atoms with Crippen LogP contribution in [0.25, 0.3) is 0 Å². The molecule has 8 aromatic rings. The van der Waals surface area contributed by atoms with Crippen LogP contribution in [0.1, 0.15) is 73.2 Å². The Hall–Kier alpha value is -11.5. The fraction of sp³-hybridized carbons (Fsp3) is 0.250. The van der Waals surface area contributed by atoms with Gasteiger partial charge in [-0.15, -0.1) is 0 Å². The van der Waals surface area contributed by atoms with Gasteiger partial charge in [0.05, 0.1) is 87.0 Å². The zero-order valence-corrected chi connectivity index (χ0v) is 53.2. The Morgan fingerprint density at radius 3 is 1.02 bits per heavy atom. The van der Waals surface area contributed by atoms with Crippen molar-refractivity contribution >= 4 is 69.8 Å². The van der Waals surface area contributed by atoms with Gasteiger partial charge in [-0.3, -0.25) is 40.5 Å². The number of hydrogen-bond acceptors (Lipinski definition) is 20. The van der Waals surface area contributed by atoms with Gasteiger partial charge in [0.25, 0.3) is 23.2 Å². The second kappa shape index (κ2) is 27.2. The molecule has 2 N–H and O–H groups in total. The number of anilines is 4. The lowest BCUT2D eigenvalue weighted by Gasteiger charge is -2.39. The van der Waals surface area contributed by atoms with Crippen LogP contribution in [0.5, 0.6) is 11.5 Å². The highest BCUT2D eigenvalue weighted by Gasteiger charge is 2.76. The number of nitrogens with one attached hydrogen (secondary N) is 2. The van der Waals surface area contributed by atoms with Crippen molar-refractivity contribution in [2.75, 3.05) is 60.2 Å². The minimum absolute atomic E-state index is 0.0746. The molecule has 4 aliphatic heterocycles. The van der Waals surface area contributed by atoms with Crippen molar-refractivity contribution in [1.29, 1.82) is 0 Å². The molecule has 2 saturated heterocycles. The van der Waals surface area contributed by atoms with Crippen LogP contribution < -0.4 is 39.7 Å². The fourth-order valence-corrected chi connectivity index (χ4v) is 13.3. The molecule has 2 fully saturated rings. The number of hydrogen-bond donors (Lipinski definition) is 2. The summed E-state index contributed by atoms with van der Waals surface area (Å²) in [5.74, 6) is -3.68. The molecule has 492 valence electrons. The summed E-state index contributed by atoms with van der Waals surface area (Å²) in [5, 5.41) is 29.8. The molecule has 0 bridgehead atoms. The topological polar surface area (TPSA) is 281 Å². The van der Waals surface area contributed by atoms with E-state index in [0.29, 0.717) is 56.5 Å². The van der Waals surface area contributed by atoms with Crippen molar-refractivity contribution in [3.8, 4) is 11.5 Å². The number of nitro benzene ring substituents is 2. The van der Waals surface area contributed by atoms with Gasteiger partial charge in [0, 0.05) is 46.8 Å². The largest absolute Gasteiger partial charge is 0.497 e. The van der Waals surface area contributed by atoms with Crippen LogP contribution in [-0.4, -0.2) is 97.3 Å². The van der Waals surface area contributed by atoms with Gasteiger partial charge in [0.15, 0.2) is 0 Å². The van der Waals surface area contributed by atoms with Crippen LogP contribution in [0, 0.1) is 20.2 Å². The minimum atomic E-state index is -2.31. The summed E-state index contributed by atoms with van der Waals surface area (Å²) in [7, 11) is 3.05. The minimum Gasteiger partial charge on any atom is -0.497 e. The molecule has 0 radical (unpaired) electrons. The number of amides is 2. The highest BCUT2D eigenvalue weighted by molar-refractivity contribution is 6.17. The Morgan fingerprint density at radius 2 is 0.729 bits per heavy atom. The molecule has 4 aliphatic rings. The van der Waals surface area contributed by atoms with Gasteiger partial charge in [-0.05, 0) is 111 Å². The van der Waals surface area contributed by atoms with Crippen molar-refractivity contribution < 1.29 is 67.0 Å². The Kier molecular flexibility index (Phi) is 18.7. The molecule has 0 unspecified atom stereocenters. The third kappa shape index (κ3) is 11.1. The molecule has 4 heterocycles. The second-order valence-corrected chi connectivity index (χ2v) is 22.6. The highest BCUT2D eigenvalue weighted by Crippen LogP contribution is 2.59. The molecule has 96 heavy (non-hydrogen) atoms. The number of benzene rings is 8. The third-order valence-corrected chi connectivity index (χ3v) is 17.4. The van der Waals surface area contributed by atoms with Gasteiger partial charge in [-0.1, -0.05) is 121 Å². The summed E-state index contributed by atoms with van der Waals surface area (Å²) in [6.45, 7) is 6.55. The van der Waals surface area contributed by atoms with Crippen LogP contribution in [0.3, 0.4) is 0 Å². The van der Waals surface area contributed by atoms with Gasteiger partial charge in [-0.2, -0.15) is 0 Å². The molecular weight excluding hydrogens is 1230 g/mol. The van der Waals surface area contributed by atoms with Crippen LogP contribution in [0.4, 0.5) is 34.1 Å². The summed E-state index contributed by atoms with van der Waals surface area (Å²) in [6.07, 6.45) is 0. The van der Waals surface area contributed by atoms with E-state index in [1.165, 1.54) is 62.8 Å². The maximum Gasteiger partial charge on any atom is 0.340 e. The van der Waals surface area contributed by atoms with E-state index >= 15 is 9.59 Å². The van der Waals surface area contributed by atoms with Crippen molar-refractivity contribution in [1.82, 2.24) is 10.6 Å². The maximum absolute atomic E-state index is 15.3. The number of para-hydroxylation sites is 2. The monoisotopic (exact) mass is 1300 g/mol. The quantitative estimate of drug-likeness (QED) is 0.0236. The van der Waals surface area contributed by atoms with E-state index in [0.717, 1.165) is 11.1 Å². The van der Waals surface area contributed by atoms with E-state index in [9.17, 15) is 39.4 Å². The van der Waals surface area contributed by atoms with Gasteiger partial charge in [-0.25, -0.2) is 19.2 Å². The number of carbonyl (C=O) groups is 6. The lowest BCUT2D eigenvalue weighted by molar-refractivity contribution is -0.385. The van der Waals surface area contributed by atoms with Crippen molar-refractivity contribution in [3.05, 3.63) is 260 Å². The van der Waals surface area contributed by atoms with Crippen LogP contribution >= 0.6 is 0 Å². The van der Waals surface area contributed by atoms with Gasteiger partial charge < -0.3 is 48.0 Å². The zero-order valence-electron chi connectivity index (χ0n) is 53.2. The Bertz CT molecular complexity index is 3930. The maximum atomic E-state index is 15.3. The summed E-state index contributed by atoms with van der Waals surface area (Å²) in [5.41, 5.74) is -3.31. The standard InChI is InChI=1S/2C36H34N4O8/c2*1-4-47-33(42)35(34(43)48-5-2)31(25-15-17-27(18-16-25)40(44)45)39(26-19-21-28(46-3)22-20-26)36(37-35)29-13-9-10-14-30(29)38(32(36)41)23-24-11-7-6-8-12-24/h2*6-22,31,37H,4-5,23H2,1-3H3/t2*31-,36-/m11/s1. The lowest BCUT2D eigenvalue weighted by Crippen LogP contribution is -2.64. The number of nitro groups is 2. The predicted octanol–water partition coefficient (Wildman–Crippen LogP) is 10.0. The number of non-ortho nitro benzene ring substituents is 2. The molecule has 2 amide bonds. The van der Waals surface area contributed by atoms with Crippen LogP contribution in [-0.2, 0) is 72.1 Å². The number of methoxy groups -OCH3 is 2. The van der Waals surface area contributed by atoms with E-state index in [4.69, 9.17) is 28.4 Å². The van der Waals surface area contributed by atoms with Crippen LogP contribution in [0.15, 0.2) is 206 Å². The first-order valence-corrected chi connectivity index (χ1v) is 31.0. The number of rotatable bonds is 20. The van der Waals surface area contributed by atoms with E-state index in [1.807, 2.05) is 84.9 Å². The summed E-state index contributed by atoms with van der Waals surface area (Å²) in [4.78, 5) is 117. The molecule has 0 aliphatic carbocycles. The second-order valence-electron chi connectivity index (χ2n) is 22.6. The predicted molar refractivity (Wildman–Crippen MR) is 352 cm³/mol. The van der Waals surface area contributed by atoms with E-state index < -0.39 is 80.0 Å². The summed E-state index contributed by atoms with van der Waals surface area (Å²) in [6, 6.07) is 55.5. The van der Waals surface area contributed by atoms with Gasteiger partial charge >= 0.3 is 23.9 Å². The molecule has 2 spiro atoms. The fourth-order valence-electron chi connectivity index (χ4n) is 13.3. The average molecular weight is 1300 g/mol. The molecule has 24 nitrogen and oxygen atoms in total. The summed E-state index contributed by atoms with van der Waals surface area (Å²) < 4.78 is 33.2. The Balaban J connectivity index is 0.000000195. The SMILES string of the molecule is CCOC(=O)C1(C(=O)OCC)N[C@@]2(C(=O)N(Cc3ccccc3)c3ccccc32)N(c2ccc(OC)cc2)[C@@H]1c1ccc([N+](=O)[O-])cc1.CCOC(=O)C1(C(=O)OCC)N[C@@]2(C(=O)N(Cc3ccccc3)c3ccccc32)N(c2ccc(OC)cc2)[C@@H]1c1ccc([N+](=O)[O-])cc1. The molecule has 8 aromatic carbocycles. The number of ether oxygens (including phenoxy) is 6. The smallest absolute Gasteiger partial charge is 0.340 e. The first-order valence-electron chi connectivity index (χ1n) is 31.0. The molecule has 4 atom stereocenters. The normalized spacial score (nSPS) is 19.2. The zero-order chi connectivity index (χ0) is 68.1. The summed E-state index contributed by atoms with van der Waals surface area (Å²) >= 11 is 0. The van der Waals surface area contributed by atoms with Crippen molar-refractivity contribution in [2.24, 2.45) is 0 Å². The molecule has 0 aromatic heterocycles. The molecule has 24 heteroatoms. The number of esters is 4. The Morgan fingerprint density at radius 1 is 0.427 bits per heavy atom. The van der Waals surface area contributed by atoms with Crippen molar-refractivity contribution in [3.63, 3.8) is 0 Å². The van der Waals surface area contributed by atoms with Gasteiger partial charge in [0.2, 0.25) is 22.4 Å². The van der Waals surface area contributed by atoms with Crippen molar-refractivity contribution in [2.45, 2.75) is 75.3 Å². The van der Waals surface area contributed by atoms with E-state index in [1.54, 1.807) is 120 Å². The average Bonchev–Trinajstić information content (AvgIpc) is 1.52. The van der Waals surface area contributed by atoms with E-state index in [-0.39, 0.29) is 50.9 Å². The lowest BCUT2D eigenvalue weighted by atomic mass is 9.85. The number of carbonyl (C=O) groups excluding carboxylic acids is 6. The Labute approximate surface area is 552 Å². The molecule has 0 saturated carbocycles.